The maximum atomic E-state index is 12.6. The Morgan fingerprint density at radius 2 is 1.96 bits per heavy atom. The van der Waals surface area contributed by atoms with E-state index in [9.17, 15) is 4.79 Å². The van der Waals surface area contributed by atoms with E-state index in [0.717, 1.165) is 27.0 Å². The third kappa shape index (κ3) is 3.03. The minimum Gasteiger partial charge on any atom is -0.477 e. The molecule has 1 N–H and O–H groups in total. The van der Waals surface area contributed by atoms with Crippen molar-refractivity contribution >= 4 is 33.1 Å². The van der Waals surface area contributed by atoms with Crippen LogP contribution in [-0.2, 0) is 0 Å². The highest BCUT2D eigenvalue weighted by Gasteiger charge is 2.20. The lowest BCUT2D eigenvalue weighted by Crippen LogP contribution is -2.11. The lowest BCUT2D eigenvalue weighted by Gasteiger charge is -2.05. The van der Waals surface area contributed by atoms with Gasteiger partial charge in [0.05, 0.1) is 16.9 Å². The van der Waals surface area contributed by atoms with Crippen molar-refractivity contribution in [1.82, 2.24) is 9.97 Å². The summed E-state index contributed by atoms with van der Waals surface area (Å²) in [6, 6.07) is 7.71. The summed E-state index contributed by atoms with van der Waals surface area (Å²) in [5.41, 5.74) is 2.77. The Labute approximate surface area is 138 Å². The van der Waals surface area contributed by atoms with Gasteiger partial charge in [0, 0.05) is 5.69 Å². The number of aromatic nitrogens is 2. The molecule has 0 unspecified atom stereocenters. The number of fused-ring (bicyclic) bond motifs is 1. The minimum absolute atomic E-state index is 0.142. The van der Waals surface area contributed by atoms with Gasteiger partial charge in [0.15, 0.2) is 0 Å². The second-order valence-electron chi connectivity index (χ2n) is 5.17. The Kier molecular flexibility index (Phi) is 4.25. The van der Waals surface area contributed by atoms with Gasteiger partial charge in [-0.3, -0.25) is 4.79 Å². The number of thiophene rings is 1. The number of aryl methyl sites for hydroxylation is 2. The lowest BCUT2D eigenvalue weighted by atomic mass is 10.2. The van der Waals surface area contributed by atoms with E-state index < -0.39 is 0 Å². The number of hydrogen-bond donors (Lipinski definition) is 1. The van der Waals surface area contributed by atoms with E-state index in [1.165, 1.54) is 17.7 Å². The first-order valence-electron chi connectivity index (χ1n) is 7.35. The molecule has 118 valence electrons. The van der Waals surface area contributed by atoms with Crippen LogP contribution in [0.2, 0.25) is 0 Å². The normalized spacial score (nSPS) is 10.7. The van der Waals surface area contributed by atoms with Crippen molar-refractivity contribution in [3.05, 3.63) is 46.6 Å². The van der Waals surface area contributed by atoms with Crippen LogP contribution in [0.15, 0.2) is 30.6 Å². The summed E-state index contributed by atoms with van der Waals surface area (Å²) in [5.74, 6) is 0.387. The Bertz CT molecular complexity index is 856. The molecular weight excluding hydrogens is 310 g/mol. The summed E-state index contributed by atoms with van der Waals surface area (Å²) in [6.45, 7) is 6.33. The summed E-state index contributed by atoms with van der Waals surface area (Å²) < 4.78 is 5.55. The number of amides is 1. The first-order valence-corrected chi connectivity index (χ1v) is 8.16. The molecule has 0 radical (unpaired) electrons. The molecule has 0 spiro atoms. The van der Waals surface area contributed by atoms with Crippen molar-refractivity contribution in [2.45, 2.75) is 20.8 Å². The maximum Gasteiger partial charge on any atom is 0.266 e. The number of carbonyl (C=O) groups excluding carboxylic acids is 1. The zero-order valence-corrected chi connectivity index (χ0v) is 14.0. The zero-order valence-electron chi connectivity index (χ0n) is 13.2. The Balaban J connectivity index is 1.96. The second-order valence-corrected chi connectivity index (χ2v) is 6.17. The van der Waals surface area contributed by atoms with Crippen molar-refractivity contribution < 1.29 is 9.53 Å². The average molecular weight is 327 g/mol. The predicted octanol–water partition coefficient (Wildman–Crippen LogP) is 3.96. The molecule has 0 aliphatic rings. The molecule has 0 aliphatic carbocycles. The number of nitrogens with zero attached hydrogens (tertiary/aromatic N) is 2. The smallest absolute Gasteiger partial charge is 0.266 e. The molecule has 3 rings (SSSR count). The third-order valence-electron chi connectivity index (χ3n) is 3.49. The fourth-order valence-electron chi connectivity index (χ4n) is 2.33. The molecule has 3 aromatic rings. The van der Waals surface area contributed by atoms with Crippen LogP contribution >= 0.6 is 11.3 Å². The van der Waals surface area contributed by atoms with Crippen LogP contribution in [0.3, 0.4) is 0 Å². The summed E-state index contributed by atoms with van der Waals surface area (Å²) >= 11 is 1.35. The van der Waals surface area contributed by atoms with E-state index in [1.54, 1.807) is 0 Å². The van der Waals surface area contributed by atoms with Gasteiger partial charge >= 0.3 is 0 Å². The highest BCUT2D eigenvalue weighted by molar-refractivity contribution is 7.20. The van der Waals surface area contributed by atoms with Crippen LogP contribution in [0.1, 0.15) is 27.7 Å². The molecule has 0 bridgehead atoms. The summed E-state index contributed by atoms with van der Waals surface area (Å²) in [6.07, 6.45) is 1.46. The molecule has 0 atom stereocenters. The first-order chi connectivity index (χ1) is 11.1. The second kappa shape index (κ2) is 6.34. The van der Waals surface area contributed by atoms with Gasteiger partial charge < -0.3 is 10.1 Å². The number of rotatable bonds is 4. The summed E-state index contributed by atoms with van der Waals surface area (Å²) in [4.78, 5) is 22.4. The van der Waals surface area contributed by atoms with Gasteiger partial charge in [0.1, 0.15) is 11.2 Å². The van der Waals surface area contributed by atoms with Crippen LogP contribution in [0.25, 0.3) is 10.2 Å². The zero-order chi connectivity index (χ0) is 16.4. The molecule has 1 aromatic carbocycles. The number of anilines is 1. The van der Waals surface area contributed by atoms with Crippen molar-refractivity contribution in [3.8, 4) is 5.88 Å². The fraction of sp³-hybridized carbons (Fsp3) is 0.235. The number of nitrogens with one attached hydrogen (secondary N) is 1. The molecular formula is C17H17N3O2S. The van der Waals surface area contributed by atoms with Gasteiger partial charge in [0.2, 0.25) is 5.88 Å². The molecule has 0 fully saturated rings. The van der Waals surface area contributed by atoms with Crippen LogP contribution < -0.4 is 10.1 Å². The molecule has 6 heteroatoms. The van der Waals surface area contributed by atoms with Crippen LogP contribution in [0, 0.1) is 13.8 Å². The predicted molar refractivity (Wildman–Crippen MR) is 92.5 cm³/mol. The highest BCUT2D eigenvalue weighted by atomic mass is 32.1. The van der Waals surface area contributed by atoms with Crippen LogP contribution in [-0.4, -0.2) is 22.5 Å². The van der Waals surface area contributed by atoms with Gasteiger partial charge in [-0.15, -0.1) is 11.3 Å². The number of hydrogen-bond acceptors (Lipinski definition) is 5. The average Bonchev–Trinajstić information content (AvgIpc) is 2.88. The third-order valence-corrected chi connectivity index (χ3v) is 4.69. The van der Waals surface area contributed by atoms with Crippen molar-refractivity contribution in [2.75, 3.05) is 11.9 Å². The topological polar surface area (TPSA) is 64.1 Å². The molecule has 23 heavy (non-hydrogen) atoms. The summed E-state index contributed by atoms with van der Waals surface area (Å²) in [7, 11) is 0. The van der Waals surface area contributed by atoms with Crippen LogP contribution in [0.5, 0.6) is 5.88 Å². The molecule has 5 nitrogen and oxygen atoms in total. The van der Waals surface area contributed by atoms with Crippen molar-refractivity contribution in [3.63, 3.8) is 0 Å². The number of ether oxygens (including phenoxy) is 1. The standard InChI is InChI=1S/C17H17N3O2S/c1-4-22-16-13-11(3)14(23-17(13)19-9-18-16)15(21)20-12-7-5-10(2)6-8-12/h5-9H,4H2,1-3H3,(H,20,21). The molecule has 2 heterocycles. The SMILES string of the molecule is CCOc1ncnc2sc(C(=O)Nc3ccc(C)cc3)c(C)c12. The Hall–Kier alpha value is -2.47. The Morgan fingerprint density at radius 3 is 2.65 bits per heavy atom. The van der Waals surface area contributed by atoms with Crippen LogP contribution in [0.4, 0.5) is 5.69 Å². The summed E-state index contributed by atoms with van der Waals surface area (Å²) in [5, 5.41) is 3.73. The Morgan fingerprint density at radius 1 is 1.22 bits per heavy atom. The van der Waals surface area contributed by atoms with Gasteiger partial charge in [-0.25, -0.2) is 9.97 Å². The van der Waals surface area contributed by atoms with Gasteiger partial charge in [-0.2, -0.15) is 0 Å². The van der Waals surface area contributed by atoms with Gasteiger partial charge in [-0.05, 0) is 38.5 Å². The van der Waals surface area contributed by atoms with Gasteiger partial charge in [0.25, 0.3) is 5.91 Å². The van der Waals surface area contributed by atoms with E-state index >= 15 is 0 Å². The van der Waals surface area contributed by atoms with E-state index in [2.05, 4.69) is 15.3 Å². The quantitative estimate of drug-likeness (QED) is 0.788. The minimum atomic E-state index is -0.142. The molecule has 1 amide bonds. The molecule has 0 aliphatic heterocycles. The first kappa shape index (κ1) is 15.4. The maximum absolute atomic E-state index is 12.6. The van der Waals surface area contributed by atoms with Crippen molar-refractivity contribution in [1.29, 1.82) is 0 Å². The molecule has 2 aromatic heterocycles. The largest absolute Gasteiger partial charge is 0.477 e. The van der Waals surface area contributed by atoms with E-state index in [1.807, 2.05) is 45.0 Å². The highest BCUT2D eigenvalue weighted by Crippen LogP contribution is 2.34. The fourth-order valence-corrected chi connectivity index (χ4v) is 3.36. The number of benzene rings is 1. The van der Waals surface area contributed by atoms with E-state index in [4.69, 9.17) is 4.74 Å². The molecule has 0 saturated carbocycles. The van der Waals surface area contributed by atoms with E-state index in [-0.39, 0.29) is 5.91 Å². The number of carbonyl (C=O) groups is 1. The lowest BCUT2D eigenvalue weighted by molar-refractivity contribution is 0.103. The van der Waals surface area contributed by atoms with Gasteiger partial charge in [-0.1, -0.05) is 17.7 Å². The van der Waals surface area contributed by atoms with Crippen molar-refractivity contribution in [2.24, 2.45) is 0 Å². The van der Waals surface area contributed by atoms with E-state index in [0.29, 0.717) is 17.4 Å². The monoisotopic (exact) mass is 327 g/mol. The molecule has 0 saturated heterocycles.